The highest BCUT2D eigenvalue weighted by molar-refractivity contribution is 6.63. The number of ether oxygens (including phenoxy) is 1. The van der Waals surface area contributed by atoms with Crippen molar-refractivity contribution in [3.8, 4) is 0 Å². The van der Waals surface area contributed by atoms with Crippen LogP contribution in [0.5, 0.6) is 0 Å². The van der Waals surface area contributed by atoms with E-state index < -0.39 is 0 Å². The third-order valence-corrected chi connectivity index (χ3v) is 2.06. The van der Waals surface area contributed by atoms with Gasteiger partial charge in [0.2, 0.25) is 5.24 Å². The molecule has 0 aliphatic heterocycles. The van der Waals surface area contributed by atoms with Crippen LogP contribution in [-0.2, 0) is 22.4 Å². The zero-order chi connectivity index (χ0) is 10.4. The lowest BCUT2D eigenvalue weighted by molar-refractivity contribution is -0.111. The van der Waals surface area contributed by atoms with Gasteiger partial charge in [-0.25, -0.2) is 0 Å². The van der Waals surface area contributed by atoms with Crippen LogP contribution in [0.4, 0.5) is 0 Å². The maximum atomic E-state index is 10.7. The highest BCUT2D eigenvalue weighted by Gasteiger charge is 2.00. The van der Waals surface area contributed by atoms with Crippen molar-refractivity contribution in [1.82, 2.24) is 0 Å². The minimum Gasteiger partial charge on any atom is -0.384 e. The molecule has 0 aliphatic rings. The van der Waals surface area contributed by atoms with Gasteiger partial charge in [-0.2, -0.15) is 0 Å². The molecule has 0 heterocycles. The maximum Gasteiger partial charge on any atom is 0.226 e. The fourth-order valence-corrected chi connectivity index (χ4v) is 1.43. The molecule has 14 heavy (non-hydrogen) atoms. The lowest BCUT2D eigenvalue weighted by Crippen LogP contribution is -1.97. The van der Waals surface area contributed by atoms with E-state index in [4.69, 9.17) is 16.3 Å². The third kappa shape index (κ3) is 3.90. The Morgan fingerprint density at radius 3 is 2.79 bits per heavy atom. The molecule has 0 saturated heterocycles. The zero-order valence-electron chi connectivity index (χ0n) is 8.13. The van der Waals surface area contributed by atoms with Crippen LogP contribution in [0.15, 0.2) is 24.3 Å². The fraction of sp³-hybridized carbons (Fsp3) is 0.364. The Bertz CT molecular complexity index is 310. The molecule has 1 aromatic rings. The summed E-state index contributed by atoms with van der Waals surface area (Å²) in [6.45, 7) is 0.693. The Morgan fingerprint density at radius 1 is 1.43 bits per heavy atom. The van der Waals surface area contributed by atoms with Crippen molar-refractivity contribution >= 4 is 16.8 Å². The van der Waals surface area contributed by atoms with Crippen molar-refractivity contribution in [2.75, 3.05) is 13.7 Å². The van der Waals surface area contributed by atoms with E-state index in [0.717, 1.165) is 12.0 Å². The molecule has 0 unspecified atom stereocenters. The van der Waals surface area contributed by atoms with Crippen LogP contribution in [0.1, 0.15) is 11.1 Å². The number of benzene rings is 1. The third-order valence-electron chi connectivity index (χ3n) is 1.93. The van der Waals surface area contributed by atoms with Crippen LogP contribution >= 0.6 is 11.6 Å². The molecule has 2 nitrogen and oxygen atoms in total. The normalized spacial score (nSPS) is 10.1. The largest absolute Gasteiger partial charge is 0.384 e. The molecule has 1 aromatic carbocycles. The van der Waals surface area contributed by atoms with Crippen molar-refractivity contribution in [2.45, 2.75) is 12.8 Å². The van der Waals surface area contributed by atoms with Crippen LogP contribution < -0.4 is 0 Å². The number of hydrogen-bond acceptors (Lipinski definition) is 2. The lowest BCUT2D eigenvalue weighted by atomic mass is 10.1. The van der Waals surface area contributed by atoms with E-state index >= 15 is 0 Å². The van der Waals surface area contributed by atoms with Crippen molar-refractivity contribution in [1.29, 1.82) is 0 Å². The molecular formula is C11H13ClO2. The van der Waals surface area contributed by atoms with Gasteiger partial charge in [-0.1, -0.05) is 24.3 Å². The Hall–Kier alpha value is -0.860. The maximum absolute atomic E-state index is 10.7. The highest BCUT2D eigenvalue weighted by atomic mass is 35.5. The van der Waals surface area contributed by atoms with E-state index in [9.17, 15) is 4.79 Å². The average molecular weight is 213 g/mol. The van der Waals surface area contributed by atoms with Gasteiger partial charge in [0.25, 0.3) is 0 Å². The molecule has 0 amide bonds. The van der Waals surface area contributed by atoms with E-state index in [1.165, 1.54) is 5.56 Å². The molecule has 0 fully saturated rings. The molecule has 0 spiro atoms. The number of carbonyl (C=O) groups excluding carboxylic acids is 1. The summed E-state index contributed by atoms with van der Waals surface area (Å²) in [7, 11) is 1.67. The van der Waals surface area contributed by atoms with Gasteiger partial charge in [0, 0.05) is 13.5 Å². The lowest BCUT2D eigenvalue weighted by Gasteiger charge is -2.02. The smallest absolute Gasteiger partial charge is 0.226 e. The first-order valence-electron chi connectivity index (χ1n) is 4.47. The number of carbonyl (C=O) groups is 1. The molecule has 0 saturated carbocycles. The first-order valence-corrected chi connectivity index (χ1v) is 4.85. The monoisotopic (exact) mass is 212 g/mol. The molecule has 0 radical (unpaired) electrons. The Kier molecular flexibility index (Phi) is 4.63. The summed E-state index contributed by atoms with van der Waals surface area (Å²) in [6.07, 6.45) is 1.16. The molecule has 0 N–H and O–H groups in total. The van der Waals surface area contributed by atoms with E-state index in [-0.39, 0.29) is 5.24 Å². The Balaban J connectivity index is 2.63. The Labute approximate surface area is 88.8 Å². The Morgan fingerprint density at radius 2 is 2.14 bits per heavy atom. The molecule has 0 aliphatic carbocycles. The summed E-state index contributed by atoms with van der Waals surface area (Å²) in [6, 6.07) is 7.83. The van der Waals surface area contributed by atoms with Gasteiger partial charge in [0.05, 0.1) is 6.61 Å². The second kappa shape index (κ2) is 5.78. The van der Waals surface area contributed by atoms with Gasteiger partial charge < -0.3 is 4.74 Å². The molecule has 0 atom stereocenters. The predicted octanol–water partition coefficient (Wildman–Crippen LogP) is 2.18. The SMILES string of the molecule is COCCc1cccc(CC(=O)Cl)c1. The summed E-state index contributed by atoms with van der Waals surface area (Å²) < 4.78 is 4.97. The topological polar surface area (TPSA) is 26.3 Å². The van der Waals surface area contributed by atoms with Crippen LogP contribution in [0.25, 0.3) is 0 Å². The first kappa shape index (κ1) is 11.2. The second-order valence-corrected chi connectivity index (χ2v) is 3.52. The van der Waals surface area contributed by atoms with Crippen LogP contribution in [-0.4, -0.2) is 19.0 Å². The second-order valence-electron chi connectivity index (χ2n) is 3.09. The van der Waals surface area contributed by atoms with Gasteiger partial charge in [-0.05, 0) is 29.1 Å². The molecular weight excluding hydrogens is 200 g/mol. The quantitative estimate of drug-likeness (QED) is 0.700. The predicted molar refractivity (Wildman–Crippen MR) is 56.6 cm³/mol. The molecule has 0 aromatic heterocycles. The number of hydrogen-bond donors (Lipinski definition) is 0. The van der Waals surface area contributed by atoms with Crippen molar-refractivity contribution < 1.29 is 9.53 Å². The van der Waals surface area contributed by atoms with Crippen molar-refractivity contribution in [3.63, 3.8) is 0 Å². The van der Waals surface area contributed by atoms with Gasteiger partial charge in [-0.3, -0.25) is 4.79 Å². The molecule has 0 bridgehead atoms. The summed E-state index contributed by atoms with van der Waals surface area (Å²) in [4.78, 5) is 10.7. The standard InChI is InChI=1S/C11H13ClO2/c1-14-6-5-9-3-2-4-10(7-9)8-11(12)13/h2-4,7H,5-6,8H2,1H3. The fourth-order valence-electron chi connectivity index (χ4n) is 1.28. The van der Waals surface area contributed by atoms with Crippen molar-refractivity contribution in [3.05, 3.63) is 35.4 Å². The molecule has 1 rings (SSSR count). The van der Waals surface area contributed by atoms with E-state index in [0.29, 0.717) is 13.0 Å². The van der Waals surface area contributed by atoms with Gasteiger partial charge in [0.15, 0.2) is 0 Å². The average Bonchev–Trinajstić information content (AvgIpc) is 2.14. The van der Waals surface area contributed by atoms with E-state index in [1.807, 2.05) is 24.3 Å². The van der Waals surface area contributed by atoms with Crippen molar-refractivity contribution in [2.24, 2.45) is 0 Å². The summed E-state index contributed by atoms with van der Waals surface area (Å²) in [5.74, 6) is 0. The van der Waals surface area contributed by atoms with Crippen LogP contribution in [0.3, 0.4) is 0 Å². The van der Waals surface area contributed by atoms with E-state index in [1.54, 1.807) is 7.11 Å². The summed E-state index contributed by atoms with van der Waals surface area (Å²) >= 11 is 5.31. The van der Waals surface area contributed by atoms with Crippen LogP contribution in [0, 0.1) is 0 Å². The summed E-state index contributed by atoms with van der Waals surface area (Å²) in [5, 5.41) is -0.325. The number of rotatable bonds is 5. The molecule has 3 heteroatoms. The number of methoxy groups -OCH3 is 1. The highest BCUT2D eigenvalue weighted by Crippen LogP contribution is 2.08. The van der Waals surface area contributed by atoms with E-state index in [2.05, 4.69) is 0 Å². The number of halogens is 1. The minimum atomic E-state index is -0.325. The van der Waals surface area contributed by atoms with Gasteiger partial charge in [0.1, 0.15) is 0 Å². The zero-order valence-corrected chi connectivity index (χ0v) is 8.88. The first-order chi connectivity index (χ1) is 6.72. The molecule has 76 valence electrons. The van der Waals surface area contributed by atoms with Gasteiger partial charge in [-0.15, -0.1) is 0 Å². The minimum absolute atomic E-state index is 0.294. The van der Waals surface area contributed by atoms with Crippen LogP contribution in [0.2, 0.25) is 0 Å². The summed E-state index contributed by atoms with van der Waals surface area (Å²) in [5.41, 5.74) is 2.13. The van der Waals surface area contributed by atoms with Gasteiger partial charge >= 0.3 is 0 Å².